The lowest BCUT2D eigenvalue weighted by Gasteiger charge is -2.32. The van der Waals surface area contributed by atoms with E-state index in [0.29, 0.717) is 17.8 Å². The molecule has 0 bridgehead atoms. The van der Waals surface area contributed by atoms with E-state index in [4.69, 9.17) is 10.5 Å². The third-order valence-electron chi connectivity index (χ3n) is 4.50. The fourth-order valence-electron chi connectivity index (χ4n) is 3.38. The second-order valence-corrected chi connectivity index (χ2v) is 6.19. The smallest absolute Gasteiger partial charge is 0.137 e. The van der Waals surface area contributed by atoms with Gasteiger partial charge in [-0.25, -0.2) is 9.97 Å². The van der Waals surface area contributed by atoms with Crippen LogP contribution in [0.4, 0.5) is 11.6 Å². The van der Waals surface area contributed by atoms with Gasteiger partial charge in [0, 0.05) is 37.8 Å². The van der Waals surface area contributed by atoms with Crippen molar-refractivity contribution in [3.05, 3.63) is 11.9 Å². The molecule has 116 valence electrons. The minimum absolute atomic E-state index is 0.337. The largest absolute Gasteiger partial charge is 0.383 e. The highest BCUT2D eigenvalue weighted by Crippen LogP contribution is 2.31. The molecule has 1 unspecified atom stereocenters. The lowest BCUT2D eigenvalue weighted by molar-refractivity contribution is 0.0209. The molecule has 6 heteroatoms. The van der Waals surface area contributed by atoms with E-state index >= 15 is 0 Å². The number of aromatic nitrogens is 2. The highest BCUT2D eigenvalue weighted by molar-refractivity contribution is 5.58. The monoisotopic (exact) mass is 291 g/mol. The van der Waals surface area contributed by atoms with E-state index in [1.165, 1.54) is 6.42 Å². The van der Waals surface area contributed by atoms with Crippen molar-refractivity contribution in [2.75, 3.05) is 50.0 Å². The van der Waals surface area contributed by atoms with Crippen LogP contribution in [-0.2, 0) is 4.74 Å². The first-order chi connectivity index (χ1) is 10.2. The maximum absolute atomic E-state index is 6.06. The Labute approximate surface area is 126 Å². The SMILES string of the molecule is CC(C)c1c(N)ncnc1N1CCC(N2CCOCC2)C1. The van der Waals surface area contributed by atoms with E-state index in [-0.39, 0.29) is 0 Å². The number of rotatable bonds is 3. The van der Waals surface area contributed by atoms with Crippen LogP contribution in [0, 0.1) is 0 Å². The highest BCUT2D eigenvalue weighted by atomic mass is 16.5. The van der Waals surface area contributed by atoms with Crippen LogP contribution in [0.25, 0.3) is 0 Å². The molecule has 3 heterocycles. The topological polar surface area (TPSA) is 67.5 Å². The quantitative estimate of drug-likeness (QED) is 0.899. The molecule has 2 N–H and O–H groups in total. The summed E-state index contributed by atoms with van der Waals surface area (Å²) in [4.78, 5) is 13.6. The van der Waals surface area contributed by atoms with Gasteiger partial charge in [0.2, 0.25) is 0 Å². The summed E-state index contributed by atoms with van der Waals surface area (Å²) in [7, 11) is 0. The molecule has 21 heavy (non-hydrogen) atoms. The second kappa shape index (κ2) is 6.15. The van der Waals surface area contributed by atoms with E-state index in [0.717, 1.165) is 50.8 Å². The van der Waals surface area contributed by atoms with Gasteiger partial charge in [-0.05, 0) is 12.3 Å². The first-order valence-corrected chi connectivity index (χ1v) is 7.84. The van der Waals surface area contributed by atoms with Crippen LogP contribution < -0.4 is 10.6 Å². The Bertz CT molecular complexity index is 487. The molecular formula is C15H25N5O. The van der Waals surface area contributed by atoms with Crippen molar-refractivity contribution in [3.63, 3.8) is 0 Å². The maximum Gasteiger partial charge on any atom is 0.137 e. The molecule has 1 atom stereocenters. The molecule has 6 nitrogen and oxygen atoms in total. The van der Waals surface area contributed by atoms with Crippen molar-refractivity contribution in [1.82, 2.24) is 14.9 Å². The van der Waals surface area contributed by atoms with Crippen molar-refractivity contribution in [3.8, 4) is 0 Å². The van der Waals surface area contributed by atoms with Gasteiger partial charge in [-0.3, -0.25) is 4.90 Å². The molecule has 1 aromatic rings. The van der Waals surface area contributed by atoms with Gasteiger partial charge < -0.3 is 15.4 Å². The summed E-state index contributed by atoms with van der Waals surface area (Å²) in [6, 6.07) is 0.602. The van der Waals surface area contributed by atoms with Crippen LogP contribution in [0.5, 0.6) is 0 Å². The molecule has 3 rings (SSSR count). The fraction of sp³-hybridized carbons (Fsp3) is 0.733. The number of hydrogen-bond acceptors (Lipinski definition) is 6. The lowest BCUT2D eigenvalue weighted by Crippen LogP contribution is -2.44. The summed E-state index contributed by atoms with van der Waals surface area (Å²) in [5, 5.41) is 0. The summed E-state index contributed by atoms with van der Waals surface area (Å²) >= 11 is 0. The number of morpholine rings is 1. The van der Waals surface area contributed by atoms with Gasteiger partial charge in [0.25, 0.3) is 0 Å². The van der Waals surface area contributed by atoms with Gasteiger partial charge in [0.15, 0.2) is 0 Å². The standard InChI is InChI=1S/C15H25N5O/c1-11(2)13-14(16)17-10-18-15(13)20-4-3-12(9-20)19-5-7-21-8-6-19/h10-12H,3-9H2,1-2H3,(H2,16,17,18). The van der Waals surface area contributed by atoms with Gasteiger partial charge in [0.05, 0.1) is 13.2 Å². The number of anilines is 2. The van der Waals surface area contributed by atoms with E-state index in [9.17, 15) is 0 Å². The van der Waals surface area contributed by atoms with E-state index in [1.54, 1.807) is 6.33 Å². The summed E-state index contributed by atoms with van der Waals surface area (Å²) in [5.74, 6) is 1.97. The molecule has 1 aromatic heterocycles. The Hall–Kier alpha value is -1.40. The number of ether oxygens (including phenoxy) is 1. The Morgan fingerprint density at radius 3 is 2.71 bits per heavy atom. The first-order valence-electron chi connectivity index (χ1n) is 7.84. The van der Waals surface area contributed by atoms with Crippen molar-refractivity contribution < 1.29 is 4.74 Å². The average Bonchev–Trinajstić information content (AvgIpc) is 2.97. The van der Waals surface area contributed by atoms with E-state index in [1.807, 2.05) is 0 Å². The summed E-state index contributed by atoms with van der Waals surface area (Å²) in [5.41, 5.74) is 7.15. The second-order valence-electron chi connectivity index (χ2n) is 6.19. The van der Waals surface area contributed by atoms with Gasteiger partial charge in [-0.1, -0.05) is 13.8 Å². The highest BCUT2D eigenvalue weighted by Gasteiger charge is 2.31. The molecule has 0 aliphatic carbocycles. The Balaban J connectivity index is 1.75. The zero-order valence-electron chi connectivity index (χ0n) is 13.0. The molecule has 0 aromatic carbocycles. The van der Waals surface area contributed by atoms with Gasteiger partial charge in [0.1, 0.15) is 18.0 Å². The van der Waals surface area contributed by atoms with Crippen LogP contribution in [0.2, 0.25) is 0 Å². The minimum atomic E-state index is 0.337. The third-order valence-corrected chi connectivity index (χ3v) is 4.50. The van der Waals surface area contributed by atoms with Crippen LogP contribution in [0.15, 0.2) is 6.33 Å². The molecule has 2 aliphatic heterocycles. The Morgan fingerprint density at radius 2 is 2.00 bits per heavy atom. The molecule has 0 spiro atoms. The summed E-state index contributed by atoms with van der Waals surface area (Å²) in [6.07, 6.45) is 2.76. The van der Waals surface area contributed by atoms with Gasteiger partial charge in [-0.15, -0.1) is 0 Å². The first kappa shape index (κ1) is 14.5. The van der Waals surface area contributed by atoms with Crippen molar-refractivity contribution >= 4 is 11.6 Å². The molecule has 2 fully saturated rings. The molecule has 2 aliphatic rings. The van der Waals surface area contributed by atoms with Crippen LogP contribution in [-0.4, -0.2) is 60.3 Å². The number of nitrogens with two attached hydrogens (primary N) is 1. The average molecular weight is 291 g/mol. The molecule has 2 saturated heterocycles. The zero-order valence-corrected chi connectivity index (χ0v) is 13.0. The lowest BCUT2D eigenvalue weighted by atomic mass is 10.0. The zero-order chi connectivity index (χ0) is 14.8. The van der Waals surface area contributed by atoms with E-state index in [2.05, 4.69) is 33.6 Å². The fourth-order valence-corrected chi connectivity index (χ4v) is 3.38. The Morgan fingerprint density at radius 1 is 1.24 bits per heavy atom. The molecule has 0 amide bonds. The summed E-state index contributed by atoms with van der Waals surface area (Å²) in [6.45, 7) is 10.2. The molecule has 0 saturated carbocycles. The van der Waals surface area contributed by atoms with Crippen molar-refractivity contribution in [2.24, 2.45) is 0 Å². The number of nitrogen functional groups attached to an aromatic ring is 1. The normalized spacial score (nSPS) is 24.0. The maximum atomic E-state index is 6.06. The summed E-state index contributed by atoms with van der Waals surface area (Å²) < 4.78 is 5.44. The number of nitrogens with zero attached hydrogens (tertiary/aromatic N) is 4. The van der Waals surface area contributed by atoms with Crippen LogP contribution in [0.1, 0.15) is 31.7 Å². The van der Waals surface area contributed by atoms with Crippen LogP contribution in [0.3, 0.4) is 0 Å². The van der Waals surface area contributed by atoms with E-state index < -0.39 is 0 Å². The van der Waals surface area contributed by atoms with Gasteiger partial charge >= 0.3 is 0 Å². The molecular weight excluding hydrogens is 266 g/mol. The van der Waals surface area contributed by atoms with Gasteiger partial charge in [-0.2, -0.15) is 0 Å². The minimum Gasteiger partial charge on any atom is -0.383 e. The van der Waals surface area contributed by atoms with Crippen molar-refractivity contribution in [1.29, 1.82) is 0 Å². The predicted octanol–water partition coefficient (Wildman–Crippen LogP) is 1.09. The number of hydrogen-bond donors (Lipinski definition) is 1. The molecule has 0 radical (unpaired) electrons. The third kappa shape index (κ3) is 2.96. The predicted molar refractivity (Wildman–Crippen MR) is 83.5 cm³/mol. The van der Waals surface area contributed by atoms with Crippen LogP contribution >= 0.6 is 0 Å². The Kier molecular flexibility index (Phi) is 4.26. The van der Waals surface area contributed by atoms with Crippen molar-refractivity contribution in [2.45, 2.75) is 32.2 Å².